The van der Waals surface area contributed by atoms with Gasteiger partial charge in [0.05, 0.1) is 17.0 Å². The Bertz CT molecular complexity index is 804. The lowest BCUT2D eigenvalue weighted by atomic mass is 10.2. The number of hydrogen-bond acceptors (Lipinski definition) is 5. The van der Waals surface area contributed by atoms with E-state index in [1.54, 1.807) is 17.0 Å². The SMILES string of the molecule is C=C(C)CN(CC)C(=O)COC(=O)c1cccc(N2CCCS2(=O)=O)c1. The van der Waals surface area contributed by atoms with Crippen LogP contribution in [0.3, 0.4) is 0 Å². The molecule has 0 radical (unpaired) electrons. The minimum absolute atomic E-state index is 0.103. The number of esters is 1. The number of amides is 1. The zero-order valence-electron chi connectivity index (χ0n) is 15.1. The number of benzene rings is 1. The molecule has 1 amide bonds. The number of nitrogens with zero attached hydrogens (tertiary/aromatic N) is 2. The van der Waals surface area contributed by atoms with Crippen molar-refractivity contribution in [1.82, 2.24) is 4.90 Å². The van der Waals surface area contributed by atoms with Crippen LogP contribution in [0.25, 0.3) is 0 Å². The highest BCUT2D eigenvalue weighted by atomic mass is 32.2. The molecule has 1 aliphatic rings. The number of hydrogen-bond donors (Lipinski definition) is 0. The molecule has 0 aromatic heterocycles. The fourth-order valence-electron chi connectivity index (χ4n) is 2.72. The number of ether oxygens (including phenoxy) is 1. The number of carbonyl (C=O) groups is 2. The van der Waals surface area contributed by atoms with Crippen LogP contribution in [0, 0.1) is 0 Å². The van der Waals surface area contributed by atoms with Gasteiger partial charge in [-0.2, -0.15) is 0 Å². The number of anilines is 1. The van der Waals surface area contributed by atoms with E-state index < -0.39 is 16.0 Å². The zero-order chi connectivity index (χ0) is 19.3. The van der Waals surface area contributed by atoms with Crippen molar-refractivity contribution in [2.75, 3.05) is 36.3 Å². The summed E-state index contributed by atoms with van der Waals surface area (Å²) in [4.78, 5) is 25.9. The summed E-state index contributed by atoms with van der Waals surface area (Å²) in [5.41, 5.74) is 1.48. The van der Waals surface area contributed by atoms with Gasteiger partial charge in [-0.3, -0.25) is 9.10 Å². The van der Waals surface area contributed by atoms with Gasteiger partial charge in [-0.25, -0.2) is 13.2 Å². The molecule has 0 bridgehead atoms. The number of carbonyl (C=O) groups excluding carboxylic acids is 2. The predicted molar refractivity (Wildman–Crippen MR) is 99.5 cm³/mol. The van der Waals surface area contributed by atoms with Gasteiger partial charge < -0.3 is 9.64 Å². The second kappa shape index (κ2) is 8.35. The van der Waals surface area contributed by atoms with Gasteiger partial charge >= 0.3 is 5.97 Å². The number of sulfonamides is 1. The molecule has 0 aliphatic carbocycles. The lowest BCUT2D eigenvalue weighted by Crippen LogP contribution is -2.35. The van der Waals surface area contributed by atoms with Crippen LogP contribution in [0.15, 0.2) is 36.4 Å². The van der Waals surface area contributed by atoms with E-state index in [0.717, 1.165) is 5.57 Å². The van der Waals surface area contributed by atoms with Crippen molar-refractivity contribution in [3.8, 4) is 0 Å². The van der Waals surface area contributed by atoms with Crippen molar-refractivity contribution >= 4 is 27.6 Å². The average molecular weight is 380 g/mol. The monoisotopic (exact) mass is 380 g/mol. The Labute approximate surface area is 154 Å². The minimum Gasteiger partial charge on any atom is -0.452 e. The molecule has 1 heterocycles. The third kappa shape index (κ3) is 4.85. The van der Waals surface area contributed by atoms with E-state index >= 15 is 0 Å². The van der Waals surface area contributed by atoms with Gasteiger partial charge in [0.25, 0.3) is 5.91 Å². The Hall–Kier alpha value is -2.35. The predicted octanol–water partition coefficient (Wildman–Crippen LogP) is 1.81. The molecule has 1 aliphatic heterocycles. The van der Waals surface area contributed by atoms with Gasteiger partial charge in [0.15, 0.2) is 6.61 Å². The van der Waals surface area contributed by atoms with Crippen molar-refractivity contribution in [3.05, 3.63) is 42.0 Å². The highest BCUT2D eigenvalue weighted by molar-refractivity contribution is 7.93. The second-order valence-corrected chi connectivity index (χ2v) is 8.25. The van der Waals surface area contributed by atoms with E-state index in [1.807, 2.05) is 13.8 Å². The molecule has 2 rings (SSSR count). The van der Waals surface area contributed by atoms with E-state index in [2.05, 4.69) is 6.58 Å². The van der Waals surface area contributed by atoms with Gasteiger partial charge in [-0.15, -0.1) is 0 Å². The first-order chi connectivity index (χ1) is 12.2. The van der Waals surface area contributed by atoms with Gasteiger partial charge in [0.2, 0.25) is 10.0 Å². The first-order valence-corrected chi connectivity index (χ1v) is 10.0. The Morgan fingerprint density at radius 2 is 2.08 bits per heavy atom. The highest BCUT2D eigenvalue weighted by Crippen LogP contribution is 2.25. The summed E-state index contributed by atoms with van der Waals surface area (Å²) in [5, 5.41) is 0. The molecule has 7 nitrogen and oxygen atoms in total. The summed E-state index contributed by atoms with van der Waals surface area (Å²) in [6.07, 6.45) is 0.557. The van der Waals surface area contributed by atoms with Gasteiger partial charge in [-0.05, 0) is 38.5 Å². The molecule has 0 spiro atoms. The molecule has 142 valence electrons. The summed E-state index contributed by atoms with van der Waals surface area (Å²) >= 11 is 0. The van der Waals surface area contributed by atoms with Crippen molar-refractivity contribution in [2.45, 2.75) is 20.3 Å². The molecule has 0 atom stereocenters. The van der Waals surface area contributed by atoms with Crippen molar-refractivity contribution in [2.24, 2.45) is 0 Å². The van der Waals surface area contributed by atoms with Crippen LogP contribution in [0.1, 0.15) is 30.6 Å². The maximum atomic E-state index is 12.2. The fraction of sp³-hybridized carbons (Fsp3) is 0.444. The summed E-state index contributed by atoms with van der Waals surface area (Å²) in [5.74, 6) is -0.864. The minimum atomic E-state index is -3.32. The van der Waals surface area contributed by atoms with Crippen molar-refractivity contribution in [3.63, 3.8) is 0 Å². The molecule has 0 N–H and O–H groups in total. The first-order valence-electron chi connectivity index (χ1n) is 8.44. The second-order valence-electron chi connectivity index (χ2n) is 6.23. The van der Waals surface area contributed by atoms with Crippen molar-refractivity contribution in [1.29, 1.82) is 0 Å². The van der Waals surface area contributed by atoms with Crippen molar-refractivity contribution < 1.29 is 22.7 Å². The zero-order valence-corrected chi connectivity index (χ0v) is 15.9. The Kier molecular flexibility index (Phi) is 6.42. The van der Waals surface area contributed by atoms with Crippen LogP contribution in [-0.2, 0) is 19.6 Å². The molecule has 8 heteroatoms. The van der Waals surface area contributed by atoms with Gasteiger partial charge in [-0.1, -0.05) is 18.2 Å². The smallest absolute Gasteiger partial charge is 0.338 e. The third-order valence-corrected chi connectivity index (χ3v) is 5.86. The van der Waals surface area contributed by atoms with Crippen LogP contribution in [0.5, 0.6) is 0 Å². The Balaban J connectivity index is 2.03. The van der Waals surface area contributed by atoms with E-state index in [-0.39, 0.29) is 23.8 Å². The topological polar surface area (TPSA) is 84.0 Å². The summed E-state index contributed by atoms with van der Waals surface area (Å²) in [7, 11) is -3.32. The molecule has 1 saturated heterocycles. The highest BCUT2D eigenvalue weighted by Gasteiger charge is 2.28. The van der Waals surface area contributed by atoms with Crippen LogP contribution >= 0.6 is 0 Å². The summed E-state index contributed by atoms with van der Waals surface area (Å²) < 4.78 is 30.4. The average Bonchev–Trinajstić information content (AvgIpc) is 2.96. The Morgan fingerprint density at radius 3 is 2.65 bits per heavy atom. The largest absolute Gasteiger partial charge is 0.452 e. The molecule has 1 fully saturated rings. The molecule has 0 unspecified atom stereocenters. The number of rotatable bonds is 7. The summed E-state index contributed by atoms with van der Waals surface area (Å²) in [6, 6.07) is 6.24. The van der Waals surface area contributed by atoms with Crippen LogP contribution in [0.4, 0.5) is 5.69 Å². The fourth-order valence-corrected chi connectivity index (χ4v) is 4.28. The molecule has 1 aromatic rings. The number of likely N-dealkylation sites (N-methyl/N-ethyl adjacent to an activating group) is 1. The maximum Gasteiger partial charge on any atom is 0.338 e. The third-order valence-electron chi connectivity index (χ3n) is 3.99. The molecular weight excluding hydrogens is 356 g/mol. The molecule has 1 aromatic carbocycles. The molecular formula is C18H24N2O5S. The molecule has 0 saturated carbocycles. The van der Waals surface area contributed by atoms with Crippen LogP contribution < -0.4 is 4.31 Å². The quantitative estimate of drug-likeness (QED) is 0.532. The van der Waals surface area contributed by atoms with Crippen LogP contribution in [-0.4, -0.2) is 57.2 Å². The van der Waals surface area contributed by atoms with E-state index in [1.165, 1.54) is 16.4 Å². The lowest BCUT2D eigenvalue weighted by Gasteiger charge is -2.21. The maximum absolute atomic E-state index is 12.2. The van der Waals surface area contributed by atoms with E-state index in [0.29, 0.717) is 31.7 Å². The normalized spacial score (nSPS) is 15.5. The summed E-state index contributed by atoms with van der Waals surface area (Å²) in [6.45, 7) is 8.36. The Morgan fingerprint density at radius 1 is 1.35 bits per heavy atom. The van der Waals surface area contributed by atoms with E-state index in [9.17, 15) is 18.0 Å². The molecule has 26 heavy (non-hydrogen) atoms. The van der Waals surface area contributed by atoms with E-state index in [4.69, 9.17) is 4.74 Å². The van der Waals surface area contributed by atoms with Gasteiger partial charge in [0.1, 0.15) is 0 Å². The van der Waals surface area contributed by atoms with Gasteiger partial charge in [0, 0.05) is 19.6 Å². The first kappa shape index (κ1) is 20.0. The van der Waals surface area contributed by atoms with Crippen LogP contribution in [0.2, 0.25) is 0 Å². The standard InChI is InChI=1S/C18H24N2O5S/c1-4-19(12-14(2)3)17(21)13-25-18(22)15-7-5-8-16(11-15)20-9-6-10-26(20,23)24/h5,7-8,11H,2,4,6,9-10,12-13H2,1,3H3. The lowest BCUT2D eigenvalue weighted by molar-refractivity contribution is -0.133.